The molecule has 0 fully saturated rings. The maximum absolute atomic E-state index is 11.5. The van der Waals surface area contributed by atoms with E-state index in [0.29, 0.717) is 10.5 Å². The maximum Gasteiger partial charge on any atom is 0.261 e. The number of halogens is 3. The molecular weight excluding hydrogens is 265 g/mol. The molecule has 1 atom stereocenters. The van der Waals surface area contributed by atoms with Gasteiger partial charge in [-0.1, -0.05) is 29.5 Å². The average molecular weight is 278 g/mol. The summed E-state index contributed by atoms with van der Waals surface area (Å²) < 4.78 is 28.3. The van der Waals surface area contributed by atoms with Crippen LogP contribution >= 0.6 is 22.6 Å². The van der Waals surface area contributed by atoms with Gasteiger partial charge in [0.25, 0.3) is 6.43 Å². The lowest BCUT2D eigenvalue weighted by Crippen LogP contribution is -2.08. The molecule has 0 saturated heterocycles. The second-order valence-electron chi connectivity index (χ2n) is 2.26. The number of alkyl halides is 3. The zero-order valence-corrected chi connectivity index (χ0v) is 8.68. The molecule has 0 unspecified atom stereocenters. The Labute approximate surface area is 79.6 Å². The maximum atomic E-state index is 11.5. The zero-order valence-electron chi connectivity index (χ0n) is 6.53. The fraction of sp³-hybridized carbons (Fsp3) is 1.00. The molecule has 11 heavy (non-hydrogen) atoms. The first-order valence-corrected chi connectivity index (χ1v) is 4.91. The van der Waals surface area contributed by atoms with Crippen molar-refractivity contribution in [3.8, 4) is 0 Å². The van der Waals surface area contributed by atoms with Crippen molar-refractivity contribution in [2.75, 3.05) is 13.2 Å². The quantitative estimate of drug-likeness (QED) is 0.412. The van der Waals surface area contributed by atoms with E-state index in [1.54, 1.807) is 0 Å². The third-order valence-corrected chi connectivity index (χ3v) is 2.77. The van der Waals surface area contributed by atoms with Gasteiger partial charge in [-0.05, 0) is 12.8 Å². The smallest absolute Gasteiger partial charge is 0.261 e. The van der Waals surface area contributed by atoms with Gasteiger partial charge in [-0.25, -0.2) is 8.78 Å². The average Bonchev–Trinajstić information content (AvgIpc) is 1.97. The molecule has 0 radical (unpaired) electrons. The Morgan fingerprint density at radius 3 is 2.55 bits per heavy atom. The lowest BCUT2D eigenvalue weighted by atomic mass is 10.3. The van der Waals surface area contributed by atoms with E-state index in [4.69, 9.17) is 4.74 Å². The van der Waals surface area contributed by atoms with E-state index in [1.165, 1.54) is 0 Å². The Bertz CT molecular complexity index is 90.5. The molecule has 68 valence electrons. The van der Waals surface area contributed by atoms with Crippen molar-refractivity contribution >= 4 is 22.6 Å². The predicted molar refractivity (Wildman–Crippen MR) is 49.5 cm³/mol. The summed E-state index contributed by atoms with van der Waals surface area (Å²) in [6.07, 6.45) is -0.396. The van der Waals surface area contributed by atoms with Crippen molar-refractivity contribution in [1.29, 1.82) is 0 Å². The third kappa shape index (κ3) is 8.46. The lowest BCUT2D eigenvalue weighted by molar-refractivity contribution is 0.0169. The largest absolute Gasteiger partial charge is 0.375 e. The van der Waals surface area contributed by atoms with Crippen LogP contribution in [0.3, 0.4) is 0 Å². The van der Waals surface area contributed by atoms with Crippen molar-refractivity contribution < 1.29 is 13.5 Å². The number of hydrogen-bond acceptors (Lipinski definition) is 1. The first-order valence-electron chi connectivity index (χ1n) is 3.66. The predicted octanol–water partition coefficient (Wildman–Crippen LogP) is 2.87. The van der Waals surface area contributed by atoms with E-state index in [9.17, 15) is 8.78 Å². The molecule has 0 amide bonds. The van der Waals surface area contributed by atoms with Gasteiger partial charge in [0.05, 0.1) is 0 Å². The summed E-state index contributed by atoms with van der Waals surface area (Å²) in [5, 5.41) is 0. The topological polar surface area (TPSA) is 9.23 Å². The van der Waals surface area contributed by atoms with Crippen LogP contribution < -0.4 is 0 Å². The Morgan fingerprint density at radius 1 is 1.45 bits per heavy atom. The van der Waals surface area contributed by atoms with Crippen LogP contribution in [-0.4, -0.2) is 23.6 Å². The molecule has 0 aromatic rings. The van der Waals surface area contributed by atoms with Gasteiger partial charge < -0.3 is 4.74 Å². The van der Waals surface area contributed by atoms with Gasteiger partial charge >= 0.3 is 0 Å². The van der Waals surface area contributed by atoms with Gasteiger partial charge in [0.1, 0.15) is 6.61 Å². The van der Waals surface area contributed by atoms with Gasteiger partial charge in [0, 0.05) is 10.5 Å². The van der Waals surface area contributed by atoms with Crippen LogP contribution in [0.25, 0.3) is 0 Å². The minimum absolute atomic E-state index is 0.424. The van der Waals surface area contributed by atoms with E-state index >= 15 is 0 Å². The summed E-state index contributed by atoms with van der Waals surface area (Å²) in [7, 11) is 0. The Morgan fingerprint density at radius 2 is 2.09 bits per heavy atom. The summed E-state index contributed by atoms with van der Waals surface area (Å²) in [5.41, 5.74) is 0. The second kappa shape index (κ2) is 7.21. The molecule has 0 heterocycles. The van der Waals surface area contributed by atoms with E-state index in [-0.39, 0.29) is 0 Å². The molecule has 0 aliphatic carbocycles. The van der Waals surface area contributed by atoms with Crippen molar-refractivity contribution in [1.82, 2.24) is 0 Å². The van der Waals surface area contributed by atoms with E-state index < -0.39 is 13.0 Å². The highest BCUT2D eigenvalue weighted by atomic mass is 127. The standard InChI is InChI=1S/C7H13F2IO/c1-2-6(10)3-4-11-5-7(8)9/h6-7H,2-5H2,1H3/t6-/m1/s1. The summed E-state index contributed by atoms with van der Waals surface area (Å²) in [5.74, 6) is 0. The summed E-state index contributed by atoms with van der Waals surface area (Å²) >= 11 is 2.30. The van der Waals surface area contributed by atoms with Crippen LogP contribution in [0, 0.1) is 0 Å². The first-order chi connectivity index (χ1) is 5.16. The van der Waals surface area contributed by atoms with Gasteiger partial charge in [-0.2, -0.15) is 0 Å². The highest BCUT2D eigenvalue weighted by Crippen LogP contribution is 2.09. The Hall–Kier alpha value is 0.550. The molecule has 0 bridgehead atoms. The van der Waals surface area contributed by atoms with Crippen LogP contribution in [0.5, 0.6) is 0 Å². The van der Waals surface area contributed by atoms with Gasteiger partial charge in [-0.3, -0.25) is 0 Å². The Balaban J connectivity index is 3.01. The highest BCUT2D eigenvalue weighted by Gasteiger charge is 2.03. The van der Waals surface area contributed by atoms with Gasteiger partial charge in [-0.15, -0.1) is 0 Å². The molecule has 0 spiro atoms. The molecule has 0 saturated carbocycles. The fourth-order valence-corrected chi connectivity index (χ4v) is 0.842. The van der Waals surface area contributed by atoms with Gasteiger partial charge in [0.2, 0.25) is 0 Å². The Kier molecular flexibility index (Phi) is 7.57. The number of rotatable bonds is 6. The first kappa shape index (κ1) is 11.6. The highest BCUT2D eigenvalue weighted by molar-refractivity contribution is 14.1. The molecule has 0 rings (SSSR count). The minimum atomic E-state index is -2.33. The molecule has 0 aliphatic heterocycles. The van der Waals surface area contributed by atoms with Crippen molar-refractivity contribution in [3.05, 3.63) is 0 Å². The van der Waals surface area contributed by atoms with E-state index in [1.807, 2.05) is 0 Å². The zero-order chi connectivity index (χ0) is 8.69. The number of ether oxygens (including phenoxy) is 1. The van der Waals surface area contributed by atoms with Crippen molar-refractivity contribution in [2.24, 2.45) is 0 Å². The molecule has 0 aromatic carbocycles. The van der Waals surface area contributed by atoms with Crippen LogP contribution in [0.1, 0.15) is 19.8 Å². The van der Waals surface area contributed by atoms with Crippen molar-refractivity contribution in [2.45, 2.75) is 30.1 Å². The van der Waals surface area contributed by atoms with E-state index in [0.717, 1.165) is 12.8 Å². The van der Waals surface area contributed by atoms with Crippen LogP contribution in [0.15, 0.2) is 0 Å². The molecule has 0 aromatic heterocycles. The monoisotopic (exact) mass is 278 g/mol. The SMILES string of the molecule is CC[C@@H](I)CCOCC(F)F. The fourth-order valence-electron chi connectivity index (χ4n) is 0.588. The van der Waals surface area contributed by atoms with Crippen molar-refractivity contribution in [3.63, 3.8) is 0 Å². The molecule has 0 N–H and O–H groups in total. The minimum Gasteiger partial charge on any atom is -0.375 e. The number of hydrogen-bond donors (Lipinski definition) is 0. The third-order valence-electron chi connectivity index (χ3n) is 1.26. The normalized spacial score (nSPS) is 13.9. The van der Waals surface area contributed by atoms with Crippen LogP contribution in [0.4, 0.5) is 8.78 Å². The van der Waals surface area contributed by atoms with E-state index in [2.05, 4.69) is 29.5 Å². The second-order valence-corrected chi connectivity index (χ2v) is 4.02. The van der Waals surface area contributed by atoms with Crippen LogP contribution in [0.2, 0.25) is 0 Å². The molecular formula is C7H13F2IO. The van der Waals surface area contributed by atoms with Gasteiger partial charge in [0.15, 0.2) is 0 Å². The molecule has 4 heteroatoms. The molecule has 1 nitrogen and oxygen atoms in total. The molecule has 0 aliphatic rings. The summed E-state index contributed by atoms with van der Waals surface area (Å²) in [6.45, 7) is 2.10. The lowest BCUT2D eigenvalue weighted by Gasteiger charge is -2.06. The summed E-state index contributed by atoms with van der Waals surface area (Å²) in [6, 6.07) is 0. The summed E-state index contributed by atoms with van der Waals surface area (Å²) in [4.78, 5) is 0. The van der Waals surface area contributed by atoms with Crippen LogP contribution in [-0.2, 0) is 4.74 Å².